The fourth-order valence-corrected chi connectivity index (χ4v) is 2.21. The molecule has 0 fully saturated rings. The molecule has 1 unspecified atom stereocenters. The molecule has 18 heavy (non-hydrogen) atoms. The largest absolute Gasteiger partial charge is 0.375 e. The highest BCUT2D eigenvalue weighted by Gasteiger charge is 2.05. The lowest BCUT2D eigenvalue weighted by atomic mass is 10.1. The zero-order chi connectivity index (χ0) is 13.4. The summed E-state index contributed by atoms with van der Waals surface area (Å²) in [5.74, 6) is 0. The standard InChI is InChI=1S/C16H28N2/c1-4-6-14-8-10-16(11-9-14)18(3)13-12-15(17)7-5-2/h8-11,15H,4-7,12-13,17H2,1-3H3. The SMILES string of the molecule is CCCc1ccc(N(C)CCC(N)CCC)cc1. The van der Waals surface area contributed by atoms with Crippen LogP contribution in [0.4, 0.5) is 5.69 Å². The lowest BCUT2D eigenvalue weighted by Crippen LogP contribution is -2.27. The summed E-state index contributed by atoms with van der Waals surface area (Å²) in [6.07, 6.45) is 5.76. The summed E-state index contributed by atoms with van der Waals surface area (Å²) in [5, 5.41) is 0. The summed E-state index contributed by atoms with van der Waals surface area (Å²) in [6.45, 7) is 5.44. The van der Waals surface area contributed by atoms with Gasteiger partial charge < -0.3 is 10.6 Å². The minimum atomic E-state index is 0.344. The third-order valence-electron chi connectivity index (χ3n) is 3.41. The van der Waals surface area contributed by atoms with Crippen LogP contribution in [0.15, 0.2) is 24.3 Å². The molecule has 0 spiro atoms. The van der Waals surface area contributed by atoms with Crippen LogP contribution in [-0.4, -0.2) is 19.6 Å². The van der Waals surface area contributed by atoms with Crippen LogP contribution < -0.4 is 10.6 Å². The van der Waals surface area contributed by atoms with E-state index < -0.39 is 0 Å². The van der Waals surface area contributed by atoms with Crippen LogP contribution in [0.25, 0.3) is 0 Å². The van der Waals surface area contributed by atoms with Crippen molar-refractivity contribution in [3.05, 3.63) is 29.8 Å². The van der Waals surface area contributed by atoms with E-state index in [1.54, 1.807) is 0 Å². The molecule has 2 nitrogen and oxygen atoms in total. The zero-order valence-electron chi connectivity index (χ0n) is 12.2. The van der Waals surface area contributed by atoms with Gasteiger partial charge in [-0.05, 0) is 37.0 Å². The second-order valence-corrected chi connectivity index (χ2v) is 5.18. The van der Waals surface area contributed by atoms with Gasteiger partial charge in [0.2, 0.25) is 0 Å². The molecule has 0 amide bonds. The third kappa shape index (κ3) is 5.09. The molecule has 0 radical (unpaired) electrons. The van der Waals surface area contributed by atoms with Gasteiger partial charge in [0.1, 0.15) is 0 Å². The monoisotopic (exact) mass is 248 g/mol. The van der Waals surface area contributed by atoms with E-state index in [0.717, 1.165) is 19.4 Å². The third-order valence-corrected chi connectivity index (χ3v) is 3.41. The fourth-order valence-electron chi connectivity index (χ4n) is 2.21. The second-order valence-electron chi connectivity index (χ2n) is 5.18. The molecule has 102 valence electrons. The van der Waals surface area contributed by atoms with E-state index in [2.05, 4.69) is 50.1 Å². The van der Waals surface area contributed by atoms with E-state index in [-0.39, 0.29) is 0 Å². The van der Waals surface area contributed by atoms with E-state index in [1.807, 2.05) is 0 Å². The average Bonchev–Trinajstić information content (AvgIpc) is 2.37. The summed E-state index contributed by atoms with van der Waals surface area (Å²) in [6, 6.07) is 9.26. The van der Waals surface area contributed by atoms with E-state index in [0.29, 0.717) is 6.04 Å². The van der Waals surface area contributed by atoms with Gasteiger partial charge in [-0.2, -0.15) is 0 Å². The topological polar surface area (TPSA) is 29.3 Å². The van der Waals surface area contributed by atoms with Crippen molar-refractivity contribution in [1.29, 1.82) is 0 Å². The van der Waals surface area contributed by atoms with Gasteiger partial charge in [0.25, 0.3) is 0 Å². The Kier molecular flexibility index (Phi) is 6.81. The smallest absolute Gasteiger partial charge is 0.0363 e. The molecule has 1 atom stereocenters. The molecule has 2 N–H and O–H groups in total. The Labute approximate surface area is 112 Å². The molecule has 0 aromatic heterocycles. The number of anilines is 1. The quantitative estimate of drug-likeness (QED) is 0.761. The summed E-state index contributed by atoms with van der Waals surface area (Å²) >= 11 is 0. The highest BCUT2D eigenvalue weighted by molar-refractivity contribution is 5.46. The molecule has 0 aliphatic heterocycles. The molecule has 2 heteroatoms. The Morgan fingerprint density at radius 1 is 1.06 bits per heavy atom. The van der Waals surface area contributed by atoms with Crippen molar-refractivity contribution in [3.63, 3.8) is 0 Å². The maximum Gasteiger partial charge on any atom is 0.0363 e. The average molecular weight is 248 g/mol. The van der Waals surface area contributed by atoms with Crippen LogP contribution >= 0.6 is 0 Å². The van der Waals surface area contributed by atoms with Crippen LogP contribution in [0.1, 0.15) is 45.1 Å². The first-order valence-electron chi connectivity index (χ1n) is 7.23. The van der Waals surface area contributed by atoms with Gasteiger partial charge in [-0.3, -0.25) is 0 Å². The van der Waals surface area contributed by atoms with Gasteiger partial charge in [0, 0.05) is 25.3 Å². The maximum absolute atomic E-state index is 6.05. The summed E-state index contributed by atoms with van der Waals surface area (Å²) < 4.78 is 0. The van der Waals surface area contributed by atoms with Crippen molar-refractivity contribution < 1.29 is 0 Å². The molecule has 0 saturated carbocycles. The summed E-state index contributed by atoms with van der Waals surface area (Å²) in [7, 11) is 2.15. The Bertz CT molecular complexity index is 318. The number of hydrogen-bond donors (Lipinski definition) is 1. The Balaban J connectivity index is 2.43. The Morgan fingerprint density at radius 2 is 1.72 bits per heavy atom. The molecule has 1 aromatic rings. The van der Waals surface area contributed by atoms with Crippen molar-refractivity contribution >= 4 is 5.69 Å². The Hall–Kier alpha value is -1.02. The molecular formula is C16H28N2. The first kappa shape index (κ1) is 15.0. The summed E-state index contributed by atoms with van der Waals surface area (Å²) in [5.41, 5.74) is 8.77. The van der Waals surface area contributed by atoms with E-state index in [9.17, 15) is 0 Å². The minimum Gasteiger partial charge on any atom is -0.375 e. The first-order chi connectivity index (χ1) is 8.67. The maximum atomic E-state index is 6.05. The molecule has 0 aliphatic carbocycles. The van der Waals surface area contributed by atoms with Crippen molar-refractivity contribution in [3.8, 4) is 0 Å². The molecule has 0 aliphatic rings. The van der Waals surface area contributed by atoms with Gasteiger partial charge in [-0.25, -0.2) is 0 Å². The van der Waals surface area contributed by atoms with Crippen LogP contribution in [0.3, 0.4) is 0 Å². The minimum absolute atomic E-state index is 0.344. The van der Waals surface area contributed by atoms with Crippen molar-refractivity contribution in [1.82, 2.24) is 0 Å². The number of aryl methyl sites for hydroxylation is 1. The van der Waals surface area contributed by atoms with Crippen molar-refractivity contribution in [2.45, 2.75) is 52.0 Å². The number of benzene rings is 1. The normalized spacial score (nSPS) is 12.4. The van der Waals surface area contributed by atoms with Gasteiger partial charge in [0.15, 0.2) is 0 Å². The summed E-state index contributed by atoms with van der Waals surface area (Å²) in [4.78, 5) is 2.30. The Morgan fingerprint density at radius 3 is 2.28 bits per heavy atom. The van der Waals surface area contributed by atoms with Crippen molar-refractivity contribution in [2.24, 2.45) is 5.73 Å². The number of nitrogens with zero attached hydrogens (tertiary/aromatic N) is 1. The fraction of sp³-hybridized carbons (Fsp3) is 0.625. The lowest BCUT2D eigenvalue weighted by Gasteiger charge is -2.21. The molecule has 0 bridgehead atoms. The van der Waals surface area contributed by atoms with E-state index in [4.69, 9.17) is 5.73 Å². The molecule has 1 rings (SSSR count). The number of rotatable bonds is 8. The molecular weight excluding hydrogens is 220 g/mol. The van der Waals surface area contributed by atoms with Gasteiger partial charge in [0.05, 0.1) is 0 Å². The highest BCUT2D eigenvalue weighted by Crippen LogP contribution is 2.15. The van der Waals surface area contributed by atoms with E-state index >= 15 is 0 Å². The van der Waals surface area contributed by atoms with Gasteiger partial charge in [-0.1, -0.05) is 38.8 Å². The zero-order valence-corrected chi connectivity index (χ0v) is 12.2. The highest BCUT2D eigenvalue weighted by atomic mass is 15.1. The molecule has 0 saturated heterocycles. The van der Waals surface area contributed by atoms with Crippen LogP contribution in [0.2, 0.25) is 0 Å². The first-order valence-corrected chi connectivity index (χ1v) is 7.23. The predicted molar refractivity (Wildman–Crippen MR) is 81.2 cm³/mol. The second kappa shape index (κ2) is 8.15. The predicted octanol–water partition coefficient (Wildman–Crippen LogP) is 3.59. The van der Waals surface area contributed by atoms with Crippen LogP contribution in [0.5, 0.6) is 0 Å². The van der Waals surface area contributed by atoms with Crippen molar-refractivity contribution in [2.75, 3.05) is 18.5 Å². The van der Waals surface area contributed by atoms with Gasteiger partial charge in [-0.15, -0.1) is 0 Å². The number of hydrogen-bond acceptors (Lipinski definition) is 2. The number of nitrogens with two attached hydrogens (primary N) is 1. The molecule has 1 aromatic carbocycles. The molecule has 0 heterocycles. The van der Waals surface area contributed by atoms with Crippen LogP contribution in [0, 0.1) is 0 Å². The van der Waals surface area contributed by atoms with E-state index in [1.165, 1.54) is 30.5 Å². The lowest BCUT2D eigenvalue weighted by molar-refractivity contribution is 0.561. The van der Waals surface area contributed by atoms with Gasteiger partial charge >= 0.3 is 0 Å². The van der Waals surface area contributed by atoms with Crippen LogP contribution in [-0.2, 0) is 6.42 Å².